The normalized spacial score (nSPS) is 21.7. The number of carbonyl (C=O) groups is 1. The van der Waals surface area contributed by atoms with Gasteiger partial charge in [0.05, 0.1) is 5.69 Å². The molecule has 0 atom stereocenters. The quantitative estimate of drug-likeness (QED) is 0.849. The average Bonchev–Trinajstić information content (AvgIpc) is 3.15. The minimum atomic E-state index is -1.16. The molecule has 144 valence electrons. The first-order valence-corrected chi connectivity index (χ1v) is 10.7. The lowest BCUT2D eigenvalue weighted by atomic mass is 9.70. The molecule has 6 heteroatoms. The van der Waals surface area contributed by atoms with Crippen molar-refractivity contribution in [1.29, 1.82) is 0 Å². The van der Waals surface area contributed by atoms with Crippen LogP contribution in [0, 0.1) is 0 Å². The summed E-state index contributed by atoms with van der Waals surface area (Å²) in [6.07, 6.45) is 5.75. The molecule has 1 amide bonds. The first-order valence-electron chi connectivity index (χ1n) is 9.82. The van der Waals surface area contributed by atoms with Gasteiger partial charge in [0.2, 0.25) is 0 Å². The molecule has 0 spiro atoms. The summed E-state index contributed by atoms with van der Waals surface area (Å²) in [4.78, 5) is 19.5. The van der Waals surface area contributed by atoms with Gasteiger partial charge >= 0.3 is 0 Å². The predicted molar refractivity (Wildman–Crippen MR) is 108 cm³/mol. The van der Waals surface area contributed by atoms with Crippen LogP contribution in [0.25, 0.3) is 0 Å². The predicted octanol–water partition coefficient (Wildman–Crippen LogP) is 3.33. The Morgan fingerprint density at radius 2 is 1.74 bits per heavy atom. The first-order chi connectivity index (χ1) is 13.0. The lowest BCUT2D eigenvalue weighted by Gasteiger charge is -2.44. The molecule has 1 aromatic carbocycles. The molecule has 27 heavy (non-hydrogen) atoms. The van der Waals surface area contributed by atoms with Gasteiger partial charge in [-0.25, -0.2) is 4.98 Å². The summed E-state index contributed by atoms with van der Waals surface area (Å²) in [6.45, 7) is 1.26. The van der Waals surface area contributed by atoms with Crippen LogP contribution in [0.15, 0.2) is 35.7 Å². The number of aliphatic hydroxyl groups is 1. The third-order valence-electron chi connectivity index (χ3n) is 6.32. The molecule has 0 bridgehead atoms. The van der Waals surface area contributed by atoms with Gasteiger partial charge in [-0.3, -0.25) is 4.79 Å². The number of amides is 1. The van der Waals surface area contributed by atoms with E-state index < -0.39 is 5.60 Å². The SMILES string of the molecule is Nc1nc(C2(c3ccccc3)CCN(C(=O)C3(O)CCCCC3)CC2)cs1. The Balaban J connectivity index is 1.58. The Bertz CT molecular complexity index is 791. The molecule has 2 heterocycles. The molecule has 5 nitrogen and oxygen atoms in total. The smallest absolute Gasteiger partial charge is 0.254 e. The molecule has 4 rings (SSSR count). The van der Waals surface area contributed by atoms with E-state index in [9.17, 15) is 9.90 Å². The molecule has 2 aliphatic rings. The fourth-order valence-electron chi connectivity index (χ4n) is 4.69. The summed E-state index contributed by atoms with van der Waals surface area (Å²) >= 11 is 1.47. The monoisotopic (exact) mass is 385 g/mol. The standard InChI is InChI=1S/C21H27N3O2S/c22-19-23-17(15-27-19)20(16-7-3-1-4-8-16)11-13-24(14-12-20)18(25)21(26)9-5-2-6-10-21/h1,3-4,7-8,15,26H,2,5-6,9-14H2,(H2,22,23). The van der Waals surface area contributed by atoms with Gasteiger partial charge < -0.3 is 15.7 Å². The molecule has 3 N–H and O–H groups in total. The van der Waals surface area contributed by atoms with E-state index in [1.165, 1.54) is 16.9 Å². The van der Waals surface area contributed by atoms with Crippen LogP contribution in [-0.4, -0.2) is 39.6 Å². The lowest BCUT2D eigenvalue weighted by molar-refractivity contribution is -0.156. The Morgan fingerprint density at radius 3 is 2.33 bits per heavy atom. The summed E-state index contributed by atoms with van der Waals surface area (Å²) in [7, 11) is 0. The highest BCUT2D eigenvalue weighted by Gasteiger charge is 2.45. The summed E-state index contributed by atoms with van der Waals surface area (Å²) in [5.41, 5.74) is 6.77. The minimum Gasteiger partial charge on any atom is -0.380 e. The number of carbonyl (C=O) groups excluding carboxylic acids is 1. The number of nitrogen functional groups attached to an aromatic ring is 1. The number of likely N-dealkylation sites (tertiary alicyclic amines) is 1. The van der Waals surface area contributed by atoms with Crippen molar-refractivity contribution in [2.24, 2.45) is 0 Å². The van der Waals surface area contributed by atoms with Gasteiger partial charge in [-0.15, -0.1) is 11.3 Å². The van der Waals surface area contributed by atoms with Gasteiger partial charge in [0.15, 0.2) is 5.13 Å². The van der Waals surface area contributed by atoms with Crippen LogP contribution in [0.3, 0.4) is 0 Å². The lowest BCUT2D eigenvalue weighted by Crippen LogP contribution is -2.54. The number of piperidine rings is 1. The number of nitrogens with zero attached hydrogens (tertiary/aromatic N) is 2. The molecule has 1 aromatic heterocycles. The van der Waals surface area contributed by atoms with Crippen molar-refractivity contribution in [2.45, 2.75) is 56.0 Å². The maximum atomic E-state index is 13.0. The van der Waals surface area contributed by atoms with Crippen molar-refractivity contribution in [3.05, 3.63) is 47.0 Å². The molecule has 1 saturated carbocycles. The Labute approximate surface area is 164 Å². The van der Waals surface area contributed by atoms with Crippen molar-refractivity contribution in [3.63, 3.8) is 0 Å². The van der Waals surface area contributed by atoms with Gasteiger partial charge in [0.1, 0.15) is 5.60 Å². The zero-order chi connectivity index (χ0) is 18.9. The number of anilines is 1. The summed E-state index contributed by atoms with van der Waals surface area (Å²) in [6, 6.07) is 10.4. The van der Waals surface area contributed by atoms with Crippen molar-refractivity contribution < 1.29 is 9.90 Å². The Hall–Kier alpha value is -1.92. The van der Waals surface area contributed by atoms with Crippen molar-refractivity contribution in [2.75, 3.05) is 18.8 Å². The second-order valence-corrected chi connectivity index (χ2v) is 8.79. The average molecular weight is 386 g/mol. The van der Waals surface area contributed by atoms with Crippen LogP contribution in [0.4, 0.5) is 5.13 Å². The molecule has 1 aliphatic carbocycles. The number of hydrogen-bond donors (Lipinski definition) is 2. The Kier molecular flexibility index (Phi) is 4.95. The van der Waals surface area contributed by atoms with Crippen LogP contribution in [-0.2, 0) is 10.2 Å². The number of nitrogens with two attached hydrogens (primary N) is 1. The van der Waals surface area contributed by atoms with Gasteiger partial charge in [0.25, 0.3) is 5.91 Å². The van der Waals surface area contributed by atoms with E-state index in [-0.39, 0.29) is 11.3 Å². The fraction of sp³-hybridized carbons (Fsp3) is 0.524. The number of hydrogen-bond acceptors (Lipinski definition) is 5. The van der Waals surface area contributed by atoms with E-state index in [1.54, 1.807) is 0 Å². The third kappa shape index (κ3) is 3.36. The van der Waals surface area contributed by atoms with E-state index >= 15 is 0 Å². The van der Waals surface area contributed by atoms with E-state index in [4.69, 9.17) is 5.73 Å². The third-order valence-corrected chi connectivity index (χ3v) is 7.00. The van der Waals surface area contributed by atoms with Crippen molar-refractivity contribution in [1.82, 2.24) is 9.88 Å². The van der Waals surface area contributed by atoms with Gasteiger partial charge in [-0.05, 0) is 31.2 Å². The molecule has 1 aliphatic heterocycles. The molecule has 2 aromatic rings. The van der Waals surface area contributed by atoms with Gasteiger partial charge in [-0.2, -0.15) is 0 Å². The molecule has 1 saturated heterocycles. The van der Waals surface area contributed by atoms with Crippen molar-refractivity contribution >= 4 is 22.4 Å². The Morgan fingerprint density at radius 1 is 1.07 bits per heavy atom. The summed E-state index contributed by atoms with van der Waals surface area (Å²) in [5, 5.41) is 13.5. The zero-order valence-corrected chi connectivity index (χ0v) is 16.4. The molecular weight excluding hydrogens is 358 g/mol. The largest absolute Gasteiger partial charge is 0.380 e. The van der Waals surface area contributed by atoms with Gasteiger partial charge in [-0.1, -0.05) is 49.6 Å². The molecule has 0 radical (unpaired) electrons. The second kappa shape index (κ2) is 7.24. The maximum absolute atomic E-state index is 13.0. The van der Waals surface area contributed by atoms with Crippen LogP contribution in [0.5, 0.6) is 0 Å². The molecule has 0 unspecified atom stereocenters. The summed E-state index contributed by atoms with van der Waals surface area (Å²) in [5.74, 6) is -0.0818. The second-order valence-electron chi connectivity index (χ2n) is 7.90. The number of thiazole rings is 1. The summed E-state index contributed by atoms with van der Waals surface area (Å²) < 4.78 is 0. The van der Waals surface area contributed by atoms with E-state index in [0.29, 0.717) is 31.1 Å². The highest BCUT2D eigenvalue weighted by Crippen LogP contribution is 2.43. The highest BCUT2D eigenvalue weighted by atomic mass is 32.1. The number of benzene rings is 1. The van der Waals surface area contributed by atoms with Crippen LogP contribution in [0.2, 0.25) is 0 Å². The van der Waals surface area contributed by atoms with E-state index in [2.05, 4.69) is 34.6 Å². The van der Waals surface area contributed by atoms with E-state index in [1.807, 2.05) is 11.0 Å². The highest BCUT2D eigenvalue weighted by molar-refractivity contribution is 7.13. The first kappa shape index (κ1) is 18.4. The minimum absolute atomic E-state index is 0.0818. The number of aromatic nitrogens is 1. The molecule has 2 fully saturated rings. The van der Waals surface area contributed by atoms with E-state index in [0.717, 1.165) is 37.8 Å². The van der Waals surface area contributed by atoms with Crippen LogP contribution < -0.4 is 5.73 Å². The maximum Gasteiger partial charge on any atom is 0.254 e. The zero-order valence-electron chi connectivity index (χ0n) is 15.6. The molecular formula is C21H27N3O2S. The fourth-order valence-corrected chi connectivity index (χ4v) is 5.36. The van der Waals surface area contributed by atoms with Gasteiger partial charge in [0, 0.05) is 23.9 Å². The van der Waals surface area contributed by atoms with Crippen LogP contribution in [0.1, 0.15) is 56.2 Å². The topological polar surface area (TPSA) is 79.5 Å². The number of rotatable bonds is 3. The van der Waals surface area contributed by atoms with Crippen molar-refractivity contribution in [3.8, 4) is 0 Å². The van der Waals surface area contributed by atoms with Crippen LogP contribution >= 0.6 is 11.3 Å².